The molecule has 0 radical (unpaired) electrons. The van der Waals surface area contributed by atoms with Crippen molar-refractivity contribution in [1.29, 1.82) is 0 Å². The fraction of sp³-hybridized carbons (Fsp3) is 0.304. The Bertz CT molecular complexity index is 1150. The van der Waals surface area contributed by atoms with Crippen molar-refractivity contribution in [1.82, 2.24) is 10.3 Å². The molecule has 33 heavy (non-hydrogen) atoms. The van der Waals surface area contributed by atoms with Crippen LogP contribution in [0.1, 0.15) is 20.8 Å². The number of carboxylic acids is 1. The number of rotatable bonds is 7. The van der Waals surface area contributed by atoms with Crippen molar-refractivity contribution in [2.24, 2.45) is 0 Å². The SMILES string of the molecule is COc1ccc(-c2cc3cc(Cl)c(Cl)cc3[nH]2)cc1NC(=S)N[C@@H](COC(C)(C)C)C(=O)O. The molecule has 7 nitrogen and oxygen atoms in total. The highest BCUT2D eigenvalue weighted by Gasteiger charge is 2.22. The number of nitrogens with one attached hydrogen (secondary N) is 3. The highest BCUT2D eigenvalue weighted by Crippen LogP contribution is 2.34. The number of hydrogen-bond acceptors (Lipinski definition) is 4. The van der Waals surface area contributed by atoms with E-state index in [2.05, 4.69) is 15.6 Å². The second kappa shape index (κ2) is 10.2. The number of fused-ring (bicyclic) bond motifs is 1. The van der Waals surface area contributed by atoms with Gasteiger partial charge < -0.3 is 30.2 Å². The molecule has 0 spiro atoms. The van der Waals surface area contributed by atoms with Gasteiger partial charge in [0, 0.05) is 22.2 Å². The van der Waals surface area contributed by atoms with E-state index >= 15 is 0 Å². The number of aromatic nitrogens is 1. The number of carboxylic acid groups (broad SMARTS) is 1. The van der Waals surface area contributed by atoms with Gasteiger partial charge in [-0.15, -0.1) is 0 Å². The van der Waals surface area contributed by atoms with Crippen LogP contribution in [0.15, 0.2) is 36.4 Å². The molecule has 0 aliphatic rings. The number of anilines is 1. The van der Waals surface area contributed by atoms with Gasteiger partial charge in [-0.05, 0) is 69.4 Å². The van der Waals surface area contributed by atoms with Crippen molar-refractivity contribution < 1.29 is 19.4 Å². The smallest absolute Gasteiger partial charge is 0.328 e. The standard InChI is InChI=1S/C23H25Cl2N3O4S/c1-23(2,3)32-11-19(21(29)30)28-22(33)27-18-8-12(5-6-20(18)31-4)16-9-13-7-14(24)15(25)10-17(13)26-16/h5-10,19,26H,11H2,1-4H3,(H,29,30)(H2,27,28,33)/t19-/m0/s1. The minimum atomic E-state index is -1.07. The summed E-state index contributed by atoms with van der Waals surface area (Å²) in [6, 6.07) is 10.1. The summed E-state index contributed by atoms with van der Waals surface area (Å²) >= 11 is 17.6. The summed E-state index contributed by atoms with van der Waals surface area (Å²) in [7, 11) is 1.54. The highest BCUT2D eigenvalue weighted by atomic mass is 35.5. The first kappa shape index (κ1) is 25.1. The Labute approximate surface area is 207 Å². The van der Waals surface area contributed by atoms with Crippen LogP contribution >= 0.6 is 35.4 Å². The van der Waals surface area contributed by atoms with Crippen LogP contribution in [-0.2, 0) is 9.53 Å². The van der Waals surface area contributed by atoms with E-state index in [9.17, 15) is 9.90 Å². The first-order valence-electron chi connectivity index (χ1n) is 10.1. The van der Waals surface area contributed by atoms with Crippen LogP contribution in [0.3, 0.4) is 0 Å². The third-order valence-electron chi connectivity index (χ3n) is 4.71. The molecule has 1 atom stereocenters. The number of halogens is 2. The fourth-order valence-electron chi connectivity index (χ4n) is 3.08. The Balaban J connectivity index is 1.82. The summed E-state index contributed by atoms with van der Waals surface area (Å²) in [6.07, 6.45) is 0. The average molecular weight is 510 g/mol. The highest BCUT2D eigenvalue weighted by molar-refractivity contribution is 7.80. The van der Waals surface area contributed by atoms with E-state index < -0.39 is 17.6 Å². The predicted octanol–water partition coefficient (Wildman–Crippen LogP) is 5.71. The number of thiocarbonyl (C=S) groups is 1. The number of aromatic amines is 1. The summed E-state index contributed by atoms with van der Waals surface area (Å²) in [6.45, 7) is 5.51. The molecule has 0 saturated carbocycles. The van der Waals surface area contributed by atoms with Gasteiger partial charge in [0.15, 0.2) is 5.11 Å². The Hall–Kier alpha value is -2.52. The summed E-state index contributed by atoms with van der Waals surface area (Å²) in [5.41, 5.74) is 2.65. The van der Waals surface area contributed by atoms with Gasteiger partial charge in [-0.3, -0.25) is 0 Å². The van der Waals surface area contributed by atoms with Gasteiger partial charge in [0.05, 0.1) is 35.1 Å². The van der Waals surface area contributed by atoms with Crippen LogP contribution in [-0.4, -0.2) is 46.5 Å². The van der Waals surface area contributed by atoms with Crippen LogP contribution in [0.25, 0.3) is 22.2 Å². The molecule has 0 amide bonds. The lowest BCUT2D eigenvalue weighted by Gasteiger charge is -2.24. The number of hydrogen-bond donors (Lipinski definition) is 4. The van der Waals surface area contributed by atoms with E-state index in [4.69, 9.17) is 44.9 Å². The number of aliphatic carboxylic acids is 1. The van der Waals surface area contributed by atoms with Crippen molar-refractivity contribution in [3.63, 3.8) is 0 Å². The summed E-state index contributed by atoms with van der Waals surface area (Å²) < 4.78 is 11.0. The largest absolute Gasteiger partial charge is 0.495 e. The van der Waals surface area contributed by atoms with Crippen LogP contribution < -0.4 is 15.4 Å². The maximum Gasteiger partial charge on any atom is 0.328 e. The normalized spacial score (nSPS) is 12.4. The number of H-pyrrole nitrogens is 1. The predicted molar refractivity (Wildman–Crippen MR) is 137 cm³/mol. The lowest BCUT2D eigenvalue weighted by atomic mass is 10.1. The minimum absolute atomic E-state index is 0.0436. The van der Waals surface area contributed by atoms with Gasteiger partial charge >= 0.3 is 5.97 Å². The summed E-state index contributed by atoms with van der Waals surface area (Å²) in [4.78, 5) is 14.9. The third kappa shape index (κ3) is 6.51. The Morgan fingerprint density at radius 3 is 2.52 bits per heavy atom. The van der Waals surface area contributed by atoms with Crippen LogP contribution in [0.4, 0.5) is 5.69 Å². The zero-order chi connectivity index (χ0) is 24.3. The monoisotopic (exact) mass is 509 g/mol. The van der Waals surface area contributed by atoms with E-state index in [1.807, 2.05) is 39.0 Å². The number of benzene rings is 2. The van der Waals surface area contributed by atoms with Crippen molar-refractivity contribution >= 4 is 63.1 Å². The zero-order valence-electron chi connectivity index (χ0n) is 18.6. The molecule has 1 aromatic heterocycles. The van der Waals surface area contributed by atoms with Gasteiger partial charge in [0.1, 0.15) is 11.8 Å². The van der Waals surface area contributed by atoms with Crippen molar-refractivity contribution in [3.05, 3.63) is 46.4 Å². The molecular weight excluding hydrogens is 485 g/mol. The molecule has 0 bridgehead atoms. The van der Waals surface area contributed by atoms with Crippen molar-refractivity contribution in [2.75, 3.05) is 19.0 Å². The molecule has 3 aromatic rings. The van der Waals surface area contributed by atoms with Crippen molar-refractivity contribution in [2.45, 2.75) is 32.4 Å². The molecule has 0 unspecified atom stereocenters. The first-order valence-corrected chi connectivity index (χ1v) is 11.2. The molecule has 0 aliphatic heterocycles. The number of methoxy groups -OCH3 is 1. The average Bonchev–Trinajstić information content (AvgIpc) is 3.13. The topological polar surface area (TPSA) is 95.6 Å². The molecule has 0 aliphatic carbocycles. The third-order valence-corrected chi connectivity index (χ3v) is 5.65. The maximum absolute atomic E-state index is 11.6. The number of carbonyl (C=O) groups is 1. The fourth-order valence-corrected chi connectivity index (χ4v) is 3.67. The molecule has 0 fully saturated rings. The Kier molecular flexibility index (Phi) is 7.74. The first-order chi connectivity index (χ1) is 15.5. The lowest BCUT2D eigenvalue weighted by Crippen LogP contribution is -2.47. The van der Waals surface area contributed by atoms with E-state index in [1.165, 1.54) is 0 Å². The molecular formula is C23H25Cl2N3O4S. The van der Waals surface area contributed by atoms with Gasteiger partial charge in [0.25, 0.3) is 0 Å². The lowest BCUT2D eigenvalue weighted by molar-refractivity contribution is -0.142. The molecule has 10 heteroatoms. The van der Waals surface area contributed by atoms with Gasteiger partial charge in [-0.2, -0.15) is 0 Å². The minimum Gasteiger partial charge on any atom is -0.495 e. The summed E-state index contributed by atoms with van der Waals surface area (Å²) in [5.74, 6) is -0.526. The van der Waals surface area contributed by atoms with E-state index in [0.717, 1.165) is 22.2 Å². The zero-order valence-corrected chi connectivity index (χ0v) is 20.9. The Morgan fingerprint density at radius 2 is 1.88 bits per heavy atom. The molecule has 0 saturated heterocycles. The molecule has 176 valence electrons. The van der Waals surface area contributed by atoms with Crippen LogP contribution in [0, 0.1) is 0 Å². The van der Waals surface area contributed by atoms with E-state index in [1.54, 1.807) is 25.3 Å². The Morgan fingerprint density at radius 1 is 1.18 bits per heavy atom. The van der Waals surface area contributed by atoms with E-state index in [-0.39, 0.29) is 11.7 Å². The maximum atomic E-state index is 11.6. The van der Waals surface area contributed by atoms with Crippen LogP contribution in [0.2, 0.25) is 10.0 Å². The molecule has 1 heterocycles. The molecule has 3 rings (SSSR count). The molecule has 2 aromatic carbocycles. The number of ether oxygens (including phenoxy) is 2. The van der Waals surface area contributed by atoms with Crippen LogP contribution in [0.5, 0.6) is 5.75 Å². The summed E-state index contributed by atoms with van der Waals surface area (Å²) in [5, 5.41) is 17.3. The van der Waals surface area contributed by atoms with Gasteiger partial charge in [0.2, 0.25) is 0 Å². The second-order valence-electron chi connectivity index (χ2n) is 8.36. The van der Waals surface area contributed by atoms with E-state index in [0.29, 0.717) is 21.5 Å². The van der Waals surface area contributed by atoms with Crippen molar-refractivity contribution in [3.8, 4) is 17.0 Å². The van der Waals surface area contributed by atoms with Gasteiger partial charge in [-0.1, -0.05) is 23.2 Å². The quantitative estimate of drug-likeness (QED) is 0.303. The second-order valence-corrected chi connectivity index (χ2v) is 9.59. The van der Waals surface area contributed by atoms with Gasteiger partial charge in [-0.25, -0.2) is 4.79 Å². The molecule has 4 N–H and O–H groups in total.